The van der Waals surface area contributed by atoms with Crippen molar-refractivity contribution in [2.45, 2.75) is 50.7 Å². The summed E-state index contributed by atoms with van der Waals surface area (Å²) in [4.78, 5) is 21.9. The summed E-state index contributed by atoms with van der Waals surface area (Å²) in [6, 6.07) is -0.875. The topological polar surface area (TPSA) is 150 Å². The molecular weight excluding hydrogens is 270 g/mol. The zero-order valence-electron chi connectivity index (χ0n) is 12.5. The Morgan fingerprint density at radius 1 is 1.30 bits per heavy atom. The third-order valence-corrected chi connectivity index (χ3v) is 2.62. The number of carbonyl (C=O) groups is 2. The zero-order chi connectivity index (χ0) is 16.6. The van der Waals surface area contributed by atoms with Gasteiger partial charge in [0.05, 0.1) is 0 Å². The van der Waals surface area contributed by atoms with Gasteiger partial charge in [0.2, 0.25) is 0 Å². The minimum absolute atomic E-state index is 0.00922. The first-order valence-electron chi connectivity index (χ1n) is 6.76. The standard InChI is InChI=1S/C12H23NO7/c1-6(2)3-7(13)12(19)20-5-9(16)11(18)10(17)8(15)4-14/h4,6-11,15-18H,3,5,13H2,1-2H3/t7-,8-,9+,10+,11+/m0/s1/i/hD. The van der Waals surface area contributed by atoms with E-state index in [4.69, 9.17) is 11.3 Å². The van der Waals surface area contributed by atoms with E-state index >= 15 is 0 Å². The summed E-state index contributed by atoms with van der Waals surface area (Å²) in [7, 11) is 0. The maximum atomic E-state index is 11.6. The molecule has 0 aromatic carbocycles. The number of hydrogen-bond acceptors (Lipinski definition) is 8. The van der Waals surface area contributed by atoms with E-state index in [1.54, 1.807) is 0 Å². The van der Waals surface area contributed by atoms with Crippen LogP contribution in [0, 0.1) is 5.92 Å². The van der Waals surface area contributed by atoms with Crippen molar-refractivity contribution in [3.8, 4) is 0 Å². The number of aldehydes is 1. The van der Waals surface area contributed by atoms with Crippen LogP contribution < -0.4 is 5.73 Å². The quantitative estimate of drug-likeness (QED) is 0.220. The molecule has 20 heavy (non-hydrogen) atoms. The van der Waals surface area contributed by atoms with Gasteiger partial charge in [-0.05, 0) is 12.3 Å². The molecule has 0 aromatic rings. The van der Waals surface area contributed by atoms with Gasteiger partial charge in [-0.15, -0.1) is 0 Å². The lowest BCUT2D eigenvalue weighted by Gasteiger charge is -2.24. The molecule has 118 valence electrons. The molecule has 0 aliphatic heterocycles. The largest absolute Gasteiger partial charge is 0.462 e. The highest BCUT2D eigenvalue weighted by Crippen LogP contribution is 2.07. The molecule has 0 fully saturated rings. The van der Waals surface area contributed by atoms with Crippen LogP contribution in [0.25, 0.3) is 0 Å². The number of carbonyl (C=O) groups excluding carboxylic acids is 2. The molecule has 0 amide bonds. The van der Waals surface area contributed by atoms with Crippen LogP contribution >= 0.6 is 0 Å². The fraction of sp³-hybridized carbons (Fsp3) is 0.833. The van der Waals surface area contributed by atoms with Crippen LogP contribution in [0.2, 0.25) is 1.41 Å². The molecule has 0 aliphatic rings. The van der Waals surface area contributed by atoms with Crippen molar-refractivity contribution in [1.82, 2.24) is 0 Å². The number of aliphatic hydroxyl groups excluding tert-OH is 4. The normalized spacial score (nSPS) is 19.6. The second-order valence-corrected chi connectivity index (χ2v) is 4.99. The Kier molecular flexibility index (Phi) is 7.63. The fourth-order valence-electron chi connectivity index (χ4n) is 1.44. The van der Waals surface area contributed by atoms with Crippen molar-refractivity contribution < 1.29 is 36.2 Å². The molecule has 0 saturated heterocycles. The van der Waals surface area contributed by atoms with Gasteiger partial charge >= 0.3 is 5.97 Å². The Bertz CT molecular complexity index is 329. The van der Waals surface area contributed by atoms with Gasteiger partial charge in [-0.2, -0.15) is 0 Å². The van der Waals surface area contributed by atoms with E-state index in [1.807, 2.05) is 19.6 Å². The van der Waals surface area contributed by atoms with E-state index in [-0.39, 0.29) is 12.2 Å². The minimum atomic E-state index is -1.89. The molecule has 0 aromatic heterocycles. The van der Waals surface area contributed by atoms with Gasteiger partial charge in [-0.3, -0.25) is 4.79 Å². The van der Waals surface area contributed by atoms with Gasteiger partial charge in [0.1, 0.15) is 38.5 Å². The highest BCUT2D eigenvalue weighted by molar-refractivity contribution is 5.75. The SMILES string of the molecule is [2H]N[C@@H](CC(C)C)C(=O)OC[C@@H](O)[C@@H](O)[C@H](O)[C@@H](O)C=O. The smallest absolute Gasteiger partial charge is 0.323 e. The molecule has 0 aliphatic carbocycles. The predicted octanol–water partition coefficient (Wildman–Crippen LogP) is -2.45. The Balaban J connectivity index is 4.36. The lowest BCUT2D eigenvalue weighted by Crippen LogP contribution is -2.47. The molecule has 0 spiro atoms. The molecule has 6 N–H and O–H groups in total. The Morgan fingerprint density at radius 2 is 1.90 bits per heavy atom. The van der Waals surface area contributed by atoms with Crippen LogP contribution in [0.15, 0.2) is 0 Å². The summed E-state index contributed by atoms with van der Waals surface area (Å²) < 4.78 is 11.8. The second-order valence-electron chi connectivity index (χ2n) is 4.99. The monoisotopic (exact) mass is 294 g/mol. The van der Waals surface area contributed by atoms with Gasteiger partial charge in [0, 0.05) is 0 Å². The number of hydrogen-bond donors (Lipinski definition) is 5. The third kappa shape index (κ3) is 6.40. The van der Waals surface area contributed by atoms with Crippen LogP contribution in [0.1, 0.15) is 20.3 Å². The number of nitrogens with two attached hydrogens (primary N) is 1. The van der Waals surface area contributed by atoms with Gasteiger partial charge in [0.15, 0.2) is 6.29 Å². The summed E-state index contributed by atoms with van der Waals surface area (Å²) in [5.74, 6) is -0.643. The molecule has 8 nitrogen and oxygen atoms in total. The number of ether oxygens (including phenoxy) is 1. The van der Waals surface area contributed by atoms with Crippen LogP contribution in [-0.2, 0) is 14.3 Å². The lowest BCUT2D eigenvalue weighted by atomic mass is 10.0. The molecule has 0 saturated carbocycles. The van der Waals surface area contributed by atoms with Crippen molar-refractivity contribution >= 4 is 12.3 Å². The van der Waals surface area contributed by atoms with Crippen molar-refractivity contribution in [3.05, 3.63) is 0 Å². The molecule has 0 heterocycles. The molecule has 0 rings (SSSR count). The van der Waals surface area contributed by atoms with E-state index in [1.165, 1.54) is 0 Å². The Labute approximate surface area is 118 Å². The Hall–Kier alpha value is -1.06. The molecule has 0 bridgehead atoms. The maximum absolute atomic E-state index is 11.6. The Morgan fingerprint density at radius 3 is 2.35 bits per heavy atom. The average molecular weight is 294 g/mol. The van der Waals surface area contributed by atoms with E-state index < -0.39 is 43.0 Å². The summed E-state index contributed by atoms with van der Waals surface area (Å²) >= 11 is 0. The first-order chi connectivity index (χ1) is 9.74. The van der Waals surface area contributed by atoms with Crippen molar-refractivity contribution in [3.63, 3.8) is 0 Å². The van der Waals surface area contributed by atoms with E-state index in [0.717, 1.165) is 0 Å². The van der Waals surface area contributed by atoms with Gasteiger partial charge < -0.3 is 35.7 Å². The molecular formula is C12H23NO7. The van der Waals surface area contributed by atoms with Crippen molar-refractivity contribution in [2.24, 2.45) is 11.6 Å². The lowest BCUT2D eigenvalue weighted by molar-refractivity contribution is -0.157. The van der Waals surface area contributed by atoms with Crippen LogP contribution in [0.5, 0.6) is 0 Å². The highest BCUT2D eigenvalue weighted by Gasteiger charge is 2.31. The van der Waals surface area contributed by atoms with Crippen molar-refractivity contribution in [1.29, 1.82) is 0 Å². The first kappa shape index (κ1) is 17.0. The maximum Gasteiger partial charge on any atom is 0.323 e. The van der Waals surface area contributed by atoms with E-state index in [2.05, 4.69) is 0 Å². The second kappa shape index (κ2) is 8.98. The number of esters is 1. The summed E-state index contributed by atoms with van der Waals surface area (Å²) in [6.45, 7) is 3.07. The van der Waals surface area contributed by atoms with Crippen molar-refractivity contribution in [2.75, 3.05) is 6.61 Å². The third-order valence-electron chi connectivity index (χ3n) is 2.62. The predicted molar refractivity (Wildman–Crippen MR) is 68.5 cm³/mol. The minimum Gasteiger partial charge on any atom is -0.462 e. The van der Waals surface area contributed by atoms with Crippen LogP contribution in [-0.4, -0.2) is 69.7 Å². The fourth-order valence-corrected chi connectivity index (χ4v) is 1.44. The molecule has 0 radical (unpaired) electrons. The van der Waals surface area contributed by atoms with E-state index in [9.17, 15) is 24.9 Å². The highest BCUT2D eigenvalue weighted by atomic mass is 16.5. The molecule has 8 heteroatoms. The number of aliphatic hydroxyl groups is 4. The first-order valence-corrected chi connectivity index (χ1v) is 6.26. The van der Waals surface area contributed by atoms with E-state index in [0.29, 0.717) is 6.42 Å². The molecule has 0 unspecified atom stereocenters. The van der Waals surface area contributed by atoms with Crippen LogP contribution in [0.4, 0.5) is 0 Å². The van der Waals surface area contributed by atoms with Crippen LogP contribution in [0.3, 0.4) is 0 Å². The summed E-state index contributed by atoms with van der Waals surface area (Å²) in [5.41, 5.74) is 2.03. The number of rotatable bonds is 10. The average Bonchev–Trinajstić information content (AvgIpc) is 2.46. The molecule has 5 atom stereocenters. The summed E-state index contributed by atoms with van der Waals surface area (Å²) in [6.07, 6.45) is -6.91. The van der Waals surface area contributed by atoms with Gasteiger partial charge in [-0.1, -0.05) is 13.8 Å². The van der Waals surface area contributed by atoms with Gasteiger partial charge in [-0.25, -0.2) is 0 Å². The summed E-state index contributed by atoms with van der Waals surface area (Å²) in [5, 5.41) is 37.4. The van der Waals surface area contributed by atoms with Gasteiger partial charge in [0.25, 0.3) is 0 Å². The zero-order valence-corrected chi connectivity index (χ0v) is 11.5.